The number of rotatable bonds is 7. The van der Waals surface area contributed by atoms with Crippen molar-refractivity contribution in [2.45, 2.75) is 37.9 Å². The number of nitrogens with one attached hydrogen (secondary N) is 2. The van der Waals surface area contributed by atoms with Crippen molar-refractivity contribution in [2.75, 3.05) is 11.1 Å². The standard InChI is InChI=1S/C21H22N6O2S/c1-13-7-10-16(11-14(13)2)27-21(24-25-26-27)30-12-19(28)23-18-6-4-3-5-17(18)20(29)22-15-8-9-15/h3-7,10-11,15H,8-9,12H2,1-2H3,(H,22,29)(H,23,28). The number of carbonyl (C=O) groups excluding carboxylic acids is 2. The van der Waals surface area contributed by atoms with Gasteiger partial charge >= 0.3 is 0 Å². The smallest absolute Gasteiger partial charge is 0.253 e. The number of thioether (sulfide) groups is 1. The van der Waals surface area contributed by atoms with Crippen molar-refractivity contribution in [1.29, 1.82) is 0 Å². The molecule has 1 aliphatic carbocycles. The highest BCUT2D eigenvalue weighted by atomic mass is 32.2. The summed E-state index contributed by atoms with van der Waals surface area (Å²) in [6.07, 6.45) is 2.01. The lowest BCUT2D eigenvalue weighted by atomic mass is 10.1. The van der Waals surface area contributed by atoms with E-state index < -0.39 is 0 Å². The summed E-state index contributed by atoms with van der Waals surface area (Å²) in [7, 11) is 0. The Balaban J connectivity index is 1.41. The Labute approximate surface area is 178 Å². The van der Waals surface area contributed by atoms with Crippen LogP contribution in [-0.4, -0.2) is 43.8 Å². The van der Waals surface area contributed by atoms with Gasteiger partial charge in [-0.05, 0) is 72.5 Å². The molecule has 1 saturated carbocycles. The Morgan fingerprint density at radius 3 is 2.70 bits per heavy atom. The van der Waals surface area contributed by atoms with E-state index in [2.05, 4.69) is 26.2 Å². The van der Waals surface area contributed by atoms with Gasteiger partial charge in [-0.15, -0.1) is 5.10 Å². The molecule has 1 heterocycles. The monoisotopic (exact) mass is 422 g/mol. The first-order chi connectivity index (χ1) is 14.5. The van der Waals surface area contributed by atoms with Crippen LogP contribution in [0.15, 0.2) is 47.6 Å². The minimum Gasteiger partial charge on any atom is -0.349 e. The van der Waals surface area contributed by atoms with Gasteiger partial charge in [0.1, 0.15) is 0 Å². The van der Waals surface area contributed by atoms with E-state index in [-0.39, 0.29) is 23.6 Å². The Kier molecular flexibility index (Phi) is 5.80. The van der Waals surface area contributed by atoms with Gasteiger partial charge in [0.05, 0.1) is 22.7 Å². The highest BCUT2D eigenvalue weighted by Gasteiger charge is 2.25. The molecule has 1 aromatic heterocycles. The number of nitrogens with zero attached hydrogens (tertiary/aromatic N) is 4. The second-order valence-corrected chi connectivity index (χ2v) is 8.21. The summed E-state index contributed by atoms with van der Waals surface area (Å²) in [5, 5.41) is 18.1. The number of para-hydroxylation sites is 1. The molecule has 0 unspecified atom stereocenters. The minimum atomic E-state index is -0.235. The molecule has 2 amide bonds. The van der Waals surface area contributed by atoms with Gasteiger partial charge < -0.3 is 10.6 Å². The number of amides is 2. The maximum absolute atomic E-state index is 12.5. The molecular formula is C21H22N6O2S. The molecule has 154 valence electrons. The molecule has 2 aromatic carbocycles. The van der Waals surface area contributed by atoms with Gasteiger partial charge in [0, 0.05) is 6.04 Å². The molecule has 0 saturated heterocycles. The summed E-state index contributed by atoms with van der Waals surface area (Å²) in [5.41, 5.74) is 4.12. The fourth-order valence-corrected chi connectivity index (χ4v) is 3.58. The average Bonchev–Trinajstić information content (AvgIpc) is 3.42. The zero-order chi connectivity index (χ0) is 21.1. The quantitative estimate of drug-likeness (QED) is 0.568. The van der Waals surface area contributed by atoms with Crippen LogP contribution in [-0.2, 0) is 4.79 Å². The maximum Gasteiger partial charge on any atom is 0.253 e. The highest BCUT2D eigenvalue weighted by molar-refractivity contribution is 7.99. The van der Waals surface area contributed by atoms with Crippen molar-refractivity contribution in [3.8, 4) is 5.69 Å². The summed E-state index contributed by atoms with van der Waals surface area (Å²) in [6, 6.07) is 13.2. The van der Waals surface area contributed by atoms with Crippen LogP contribution in [0.5, 0.6) is 0 Å². The summed E-state index contributed by atoms with van der Waals surface area (Å²) < 4.78 is 1.61. The number of aromatic nitrogens is 4. The van der Waals surface area contributed by atoms with E-state index >= 15 is 0 Å². The summed E-state index contributed by atoms with van der Waals surface area (Å²) >= 11 is 1.24. The Hall–Kier alpha value is -3.20. The van der Waals surface area contributed by atoms with E-state index in [0.717, 1.165) is 24.1 Å². The van der Waals surface area contributed by atoms with E-state index in [9.17, 15) is 9.59 Å². The van der Waals surface area contributed by atoms with Crippen LogP contribution in [0.2, 0.25) is 0 Å². The van der Waals surface area contributed by atoms with Crippen LogP contribution in [0.4, 0.5) is 5.69 Å². The fraction of sp³-hybridized carbons (Fsp3) is 0.286. The summed E-state index contributed by atoms with van der Waals surface area (Å²) in [5.74, 6) is -0.287. The lowest BCUT2D eigenvalue weighted by Crippen LogP contribution is -2.27. The molecule has 2 N–H and O–H groups in total. The Morgan fingerprint density at radius 2 is 1.93 bits per heavy atom. The lowest BCUT2D eigenvalue weighted by molar-refractivity contribution is -0.113. The summed E-state index contributed by atoms with van der Waals surface area (Å²) in [6.45, 7) is 4.07. The Bertz CT molecular complexity index is 1090. The van der Waals surface area contributed by atoms with E-state index in [0.29, 0.717) is 16.4 Å². The van der Waals surface area contributed by atoms with Crippen molar-refractivity contribution < 1.29 is 9.59 Å². The third-order valence-corrected chi connectivity index (χ3v) is 5.79. The maximum atomic E-state index is 12.5. The predicted molar refractivity (Wildman–Crippen MR) is 115 cm³/mol. The molecule has 0 atom stereocenters. The van der Waals surface area contributed by atoms with E-state index in [4.69, 9.17) is 0 Å². The number of carbonyl (C=O) groups is 2. The lowest BCUT2D eigenvalue weighted by Gasteiger charge is -2.11. The molecule has 1 fully saturated rings. The number of tetrazole rings is 1. The number of aryl methyl sites for hydroxylation is 2. The zero-order valence-corrected chi connectivity index (χ0v) is 17.6. The van der Waals surface area contributed by atoms with Crippen LogP contribution >= 0.6 is 11.8 Å². The second kappa shape index (κ2) is 8.66. The Morgan fingerprint density at radius 1 is 1.13 bits per heavy atom. The molecule has 4 rings (SSSR count). The molecule has 30 heavy (non-hydrogen) atoms. The van der Waals surface area contributed by atoms with E-state index in [1.807, 2.05) is 32.0 Å². The largest absolute Gasteiger partial charge is 0.349 e. The van der Waals surface area contributed by atoms with Gasteiger partial charge in [0.2, 0.25) is 11.1 Å². The van der Waals surface area contributed by atoms with Crippen LogP contribution in [0.1, 0.15) is 34.3 Å². The fourth-order valence-electron chi connectivity index (χ4n) is 2.89. The minimum absolute atomic E-state index is 0.115. The van der Waals surface area contributed by atoms with Crippen molar-refractivity contribution in [1.82, 2.24) is 25.5 Å². The number of anilines is 1. The SMILES string of the molecule is Cc1ccc(-n2nnnc2SCC(=O)Nc2ccccc2C(=O)NC2CC2)cc1C. The van der Waals surface area contributed by atoms with Gasteiger partial charge in [-0.1, -0.05) is 30.0 Å². The number of hydrogen-bond acceptors (Lipinski definition) is 6. The number of hydrogen-bond donors (Lipinski definition) is 2. The molecule has 0 spiro atoms. The van der Waals surface area contributed by atoms with Gasteiger partial charge in [-0.2, -0.15) is 4.68 Å². The molecular weight excluding hydrogens is 400 g/mol. The molecule has 0 aliphatic heterocycles. The first kappa shape index (κ1) is 20.1. The van der Waals surface area contributed by atoms with Crippen LogP contribution in [0, 0.1) is 13.8 Å². The van der Waals surface area contributed by atoms with Crippen molar-refractivity contribution in [2.24, 2.45) is 0 Å². The molecule has 1 aliphatic rings. The highest BCUT2D eigenvalue weighted by Crippen LogP contribution is 2.23. The molecule has 0 bridgehead atoms. The topological polar surface area (TPSA) is 102 Å². The van der Waals surface area contributed by atoms with Gasteiger partial charge in [0.25, 0.3) is 5.91 Å². The third-order valence-electron chi connectivity index (χ3n) is 4.87. The molecule has 3 aromatic rings. The second-order valence-electron chi connectivity index (χ2n) is 7.27. The van der Waals surface area contributed by atoms with E-state index in [1.54, 1.807) is 28.9 Å². The molecule has 0 radical (unpaired) electrons. The van der Waals surface area contributed by atoms with Crippen molar-refractivity contribution in [3.63, 3.8) is 0 Å². The first-order valence-electron chi connectivity index (χ1n) is 9.70. The molecule has 9 heteroatoms. The summed E-state index contributed by atoms with van der Waals surface area (Å²) in [4.78, 5) is 24.9. The van der Waals surface area contributed by atoms with E-state index in [1.165, 1.54) is 17.3 Å². The van der Waals surface area contributed by atoms with Crippen LogP contribution in [0.25, 0.3) is 5.69 Å². The van der Waals surface area contributed by atoms with Crippen molar-refractivity contribution in [3.05, 3.63) is 59.2 Å². The van der Waals surface area contributed by atoms with Crippen LogP contribution < -0.4 is 10.6 Å². The molecule has 8 nitrogen and oxygen atoms in total. The first-order valence-corrected chi connectivity index (χ1v) is 10.7. The van der Waals surface area contributed by atoms with Crippen molar-refractivity contribution >= 4 is 29.3 Å². The predicted octanol–water partition coefficient (Wildman–Crippen LogP) is 2.90. The van der Waals surface area contributed by atoms with Gasteiger partial charge in [-0.25, -0.2) is 0 Å². The van der Waals surface area contributed by atoms with Gasteiger partial charge in [0.15, 0.2) is 0 Å². The third kappa shape index (κ3) is 4.68. The van der Waals surface area contributed by atoms with Crippen LogP contribution in [0.3, 0.4) is 0 Å². The normalized spacial score (nSPS) is 13.1. The average molecular weight is 423 g/mol. The zero-order valence-electron chi connectivity index (χ0n) is 16.8. The number of benzene rings is 2. The van der Waals surface area contributed by atoms with Gasteiger partial charge in [-0.3, -0.25) is 9.59 Å².